The van der Waals surface area contributed by atoms with Crippen LogP contribution in [0, 0.1) is 5.82 Å². The molecule has 1 saturated heterocycles. The van der Waals surface area contributed by atoms with Gasteiger partial charge in [0.1, 0.15) is 17.7 Å². The summed E-state index contributed by atoms with van der Waals surface area (Å²) >= 11 is 3.49. The molecule has 0 unspecified atom stereocenters. The number of hydrogen-bond acceptors (Lipinski definition) is 3. The van der Waals surface area contributed by atoms with E-state index in [-0.39, 0.29) is 17.8 Å². The maximum Gasteiger partial charge on any atom is 0.243 e. The van der Waals surface area contributed by atoms with Gasteiger partial charge in [0.15, 0.2) is 0 Å². The molecule has 6 heteroatoms. The highest BCUT2D eigenvalue weighted by atomic mass is 79.9. The van der Waals surface area contributed by atoms with Gasteiger partial charge in [0.2, 0.25) is 5.91 Å². The molecule has 25 heavy (non-hydrogen) atoms. The van der Waals surface area contributed by atoms with Gasteiger partial charge in [0, 0.05) is 24.0 Å². The molecule has 2 aromatic rings. The number of hydrogen-bond donors (Lipinski definition) is 1. The molecule has 0 aliphatic carbocycles. The highest BCUT2D eigenvalue weighted by Crippen LogP contribution is 2.34. The third kappa shape index (κ3) is 3.31. The van der Waals surface area contributed by atoms with Gasteiger partial charge in [0.25, 0.3) is 0 Å². The number of benzene rings is 2. The van der Waals surface area contributed by atoms with Crippen LogP contribution < -0.4 is 5.32 Å². The molecular formula is C19H17BrFN3O. The van der Waals surface area contributed by atoms with Crippen molar-refractivity contribution in [3.05, 3.63) is 63.9 Å². The summed E-state index contributed by atoms with van der Waals surface area (Å²) in [5.74, 6) is 0.703. The third-order valence-electron chi connectivity index (χ3n) is 4.66. The molecule has 1 fully saturated rings. The van der Waals surface area contributed by atoms with Crippen molar-refractivity contribution >= 4 is 33.4 Å². The van der Waals surface area contributed by atoms with Gasteiger partial charge < -0.3 is 10.2 Å². The fourth-order valence-electron chi connectivity index (χ4n) is 3.36. The molecule has 2 aliphatic heterocycles. The quantitative estimate of drug-likeness (QED) is 0.846. The molecule has 0 bridgehead atoms. The molecule has 2 heterocycles. The lowest BCUT2D eigenvalue weighted by atomic mass is 10.1. The molecule has 0 aromatic heterocycles. The van der Waals surface area contributed by atoms with Crippen molar-refractivity contribution in [1.29, 1.82) is 0 Å². The van der Waals surface area contributed by atoms with Crippen molar-refractivity contribution in [2.45, 2.75) is 32.0 Å². The van der Waals surface area contributed by atoms with Crippen LogP contribution in [0.3, 0.4) is 0 Å². The zero-order chi connectivity index (χ0) is 17.4. The summed E-state index contributed by atoms with van der Waals surface area (Å²) in [5, 5.41) is 2.96. The maximum absolute atomic E-state index is 13.0. The molecule has 1 amide bonds. The van der Waals surface area contributed by atoms with E-state index in [4.69, 9.17) is 4.99 Å². The number of amides is 1. The van der Waals surface area contributed by atoms with Crippen molar-refractivity contribution in [1.82, 2.24) is 10.2 Å². The fourth-order valence-corrected chi connectivity index (χ4v) is 3.77. The number of halogens is 2. The van der Waals surface area contributed by atoms with E-state index in [1.165, 1.54) is 12.1 Å². The van der Waals surface area contributed by atoms with Crippen LogP contribution in [0.1, 0.15) is 24.0 Å². The Hall–Kier alpha value is -2.21. The Kier molecular flexibility index (Phi) is 4.29. The molecule has 2 aliphatic rings. The Morgan fingerprint density at radius 2 is 2.08 bits per heavy atom. The smallest absolute Gasteiger partial charge is 0.243 e. The van der Waals surface area contributed by atoms with Gasteiger partial charge >= 0.3 is 0 Å². The predicted molar refractivity (Wildman–Crippen MR) is 98.0 cm³/mol. The zero-order valence-electron chi connectivity index (χ0n) is 13.5. The van der Waals surface area contributed by atoms with E-state index in [1.807, 2.05) is 12.1 Å². The van der Waals surface area contributed by atoms with E-state index >= 15 is 0 Å². The van der Waals surface area contributed by atoms with E-state index in [1.54, 1.807) is 12.1 Å². The monoisotopic (exact) mass is 401 g/mol. The normalized spacial score (nSPS) is 18.4. The zero-order valence-corrected chi connectivity index (χ0v) is 15.1. The Balaban J connectivity index is 1.45. The molecular weight excluding hydrogens is 385 g/mol. The van der Waals surface area contributed by atoms with Gasteiger partial charge in [0.05, 0.1) is 5.69 Å². The molecule has 4 nitrogen and oxygen atoms in total. The van der Waals surface area contributed by atoms with E-state index in [9.17, 15) is 9.18 Å². The van der Waals surface area contributed by atoms with Crippen LogP contribution in [0.25, 0.3) is 0 Å². The summed E-state index contributed by atoms with van der Waals surface area (Å²) in [5.41, 5.74) is 2.99. The lowest BCUT2D eigenvalue weighted by molar-refractivity contribution is -0.125. The highest BCUT2D eigenvalue weighted by molar-refractivity contribution is 9.10. The van der Waals surface area contributed by atoms with Crippen LogP contribution in [0.2, 0.25) is 0 Å². The van der Waals surface area contributed by atoms with Gasteiger partial charge in [-0.05, 0) is 47.9 Å². The second-order valence-electron chi connectivity index (χ2n) is 6.33. The van der Waals surface area contributed by atoms with Crippen molar-refractivity contribution in [3.63, 3.8) is 0 Å². The third-order valence-corrected chi connectivity index (χ3v) is 5.16. The van der Waals surface area contributed by atoms with Crippen molar-refractivity contribution < 1.29 is 9.18 Å². The highest BCUT2D eigenvalue weighted by Gasteiger charge is 2.36. The lowest BCUT2D eigenvalue weighted by Gasteiger charge is -2.30. The summed E-state index contributed by atoms with van der Waals surface area (Å²) in [4.78, 5) is 19.4. The minimum absolute atomic E-state index is 0.00651. The summed E-state index contributed by atoms with van der Waals surface area (Å²) < 4.78 is 14.0. The van der Waals surface area contributed by atoms with Gasteiger partial charge in [-0.15, -0.1) is 0 Å². The van der Waals surface area contributed by atoms with Gasteiger partial charge in [-0.1, -0.05) is 28.1 Å². The number of amidine groups is 1. The second kappa shape index (κ2) is 6.59. The fraction of sp³-hybridized carbons (Fsp3) is 0.263. The number of carbonyl (C=O) groups is 1. The standard InChI is InChI=1S/C19H17BrFN3O/c20-14-3-6-16-13(9-14)11-24-17(7-8-18(24)23-16)19(25)22-10-12-1-4-15(21)5-2-12/h1-6,9,17H,7-8,10-11H2,(H,22,25)/t17-/m0/s1. The van der Waals surface area contributed by atoms with Crippen molar-refractivity contribution in [3.8, 4) is 0 Å². The largest absolute Gasteiger partial charge is 0.350 e. The van der Waals surface area contributed by atoms with Crippen LogP contribution in [-0.4, -0.2) is 22.7 Å². The van der Waals surface area contributed by atoms with E-state index < -0.39 is 0 Å². The van der Waals surface area contributed by atoms with E-state index in [2.05, 4.69) is 32.2 Å². The van der Waals surface area contributed by atoms with Crippen LogP contribution in [0.15, 0.2) is 51.9 Å². The molecule has 1 atom stereocenters. The number of carbonyl (C=O) groups excluding carboxylic acids is 1. The Morgan fingerprint density at radius 3 is 2.88 bits per heavy atom. The topological polar surface area (TPSA) is 44.7 Å². The lowest BCUT2D eigenvalue weighted by Crippen LogP contribution is -2.44. The Morgan fingerprint density at radius 1 is 1.28 bits per heavy atom. The molecule has 0 spiro atoms. The summed E-state index contributed by atoms with van der Waals surface area (Å²) in [6.07, 6.45) is 1.58. The van der Waals surface area contributed by atoms with Crippen molar-refractivity contribution in [2.24, 2.45) is 4.99 Å². The van der Waals surface area contributed by atoms with E-state index in [0.717, 1.165) is 40.0 Å². The molecule has 0 radical (unpaired) electrons. The Bertz CT molecular complexity index is 850. The first-order chi connectivity index (χ1) is 12.1. The molecule has 128 valence electrons. The van der Waals surface area contributed by atoms with Crippen molar-refractivity contribution in [2.75, 3.05) is 0 Å². The molecule has 0 saturated carbocycles. The minimum Gasteiger partial charge on any atom is -0.350 e. The van der Waals surface area contributed by atoms with Gasteiger partial charge in [-0.3, -0.25) is 4.79 Å². The summed E-state index contributed by atoms with van der Waals surface area (Å²) in [6, 6.07) is 12.0. The van der Waals surface area contributed by atoms with Crippen LogP contribution in [-0.2, 0) is 17.9 Å². The SMILES string of the molecule is O=C(NCc1ccc(F)cc1)[C@@H]1CCC2=Nc3ccc(Br)cc3CN21. The molecule has 2 aromatic carbocycles. The number of fused-ring (bicyclic) bond motifs is 2. The number of rotatable bonds is 3. The first-order valence-corrected chi connectivity index (χ1v) is 9.04. The predicted octanol–water partition coefficient (Wildman–Crippen LogP) is 3.91. The van der Waals surface area contributed by atoms with Crippen LogP contribution in [0.5, 0.6) is 0 Å². The van der Waals surface area contributed by atoms with Crippen LogP contribution in [0.4, 0.5) is 10.1 Å². The van der Waals surface area contributed by atoms with Crippen LogP contribution >= 0.6 is 15.9 Å². The van der Waals surface area contributed by atoms with E-state index in [0.29, 0.717) is 13.1 Å². The molecule has 4 rings (SSSR count). The first-order valence-electron chi connectivity index (χ1n) is 8.25. The number of nitrogens with zero attached hydrogens (tertiary/aromatic N) is 2. The second-order valence-corrected chi connectivity index (χ2v) is 7.24. The molecule has 1 N–H and O–H groups in total. The van der Waals surface area contributed by atoms with Gasteiger partial charge in [-0.25, -0.2) is 9.38 Å². The first kappa shape index (κ1) is 16.3. The maximum atomic E-state index is 13.0. The average molecular weight is 402 g/mol. The summed E-state index contributed by atoms with van der Waals surface area (Å²) in [6.45, 7) is 1.10. The number of nitrogens with one attached hydrogen (secondary N) is 1. The average Bonchev–Trinajstić information content (AvgIpc) is 3.02. The van der Waals surface area contributed by atoms with Gasteiger partial charge in [-0.2, -0.15) is 0 Å². The minimum atomic E-state index is -0.273. The number of aliphatic imine (C=N–C) groups is 1. The summed E-state index contributed by atoms with van der Waals surface area (Å²) in [7, 11) is 0. The Labute approximate surface area is 153 Å².